The Kier molecular flexibility index (Phi) is 5.80. The van der Waals surface area contributed by atoms with Crippen molar-refractivity contribution in [3.63, 3.8) is 0 Å². The molecule has 1 heterocycles. The Morgan fingerprint density at radius 3 is 2.43 bits per heavy atom. The smallest absolute Gasteiger partial charge is 0.323 e. The molecule has 1 unspecified atom stereocenters. The predicted molar refractivity (Wildman–Crippen MR) is 101 cm³/mol. The van der Waals surface area contributed by atoms with E-state index in [4.69, 9.17) is 0 Å². The second kappa shape index (κ2) is 7.96. The minimum Gasteiger partial charge on any atom is -0.323 e. The maximum absolute atomic E-state index is 12.2. The zero-order chi connectivity index (χ0) is 20.5. The molecular weight excluding hydrogens is 391 g/mol. The van der Waals surface area contributed by atoms with Gasteiger partial charge >= 0.3 is 18.7 Å². The molecule has 1 fully saturated rings. The highest BCUT2D eigenvalue weighted by atomic mass is 31.2. The molecule has 1 aliphatic rings. The molecule has 0 amide bonds. The summed E-state index contributed by atoms with van der Waals surface area (Å²) in [7, 11) is -4.79. The molecule has 0 radical (unpaired) electrons. The average Bonchev–Trinajstić information content (AvgIpc) is 2.62. The molecule has 3 rings (SSSR count). The monoisotopic (exact) mass is 412 g/mol. The van der Waals surface area contributed by atoms with Crippen LogP contribution < -0.4 is 16.4 Å². The van der Waals surface area contributed by atoms with Gasteiger partial charge in [0.05, 0.1) is 16.0 Å². The Labute approximate surface area is 158 Å². The van der Waals surface area contributed by atoms with Crippen molar-refractivity contribution in [1.82, 2.24) is 15.3 Å². The fourth-order valence-corrected chi connectivity index (χ4v) is 4.55. The van der Waals surface area contributed by atoms with Crippen LogP contribution in [0.3, 0.4) is 0 Å². The number of aromatic nitrogens is 2. The van der Waals surface area contributed by atoms with Crippen LogP contribution in [0.5, 0.6) is 0 Å². The summed E-state index contributed by atoms with van der Waals surface area (Å²) in [6.07, 6.45) is 5.08. The Balaban J connectivity index is 2.10. The molecule has 2 aromatic rings. The van der Waals surface area contributed by atoms with Gasteiger partial charge in [0, 0.05) is 17.7 Å². The van der Waals surface area contributed by atoms with Gasteiger partial charge in [-0.3, -0.25) is 29.6 Å². The van der Waals surface area contributed by atoms with Gasteiger partial charge in [0.15, 0.2) is 0 Å². The standard InChI is InChI=1S/C16H21N4O7P/c21-14-15(22)19-13-11(6-10(20(23)24)7-12(13)18-14)16(28(25,26)27)17-8-9-4-2-1-3-5-9/h6-7,9,16-17H,1-5,8H2,(H,18,21)(H,19,22)(H2,25,26,27). The van der Waals surface area contributed by atoms with E-state index in [9.17, 15) is 34.1 Å². The van der Waals surface area contributed by atoms with Gasteiger partial charge in [0.25, 0.3) is 5.69 Å². The highest BCUT2D eigenvalue weighted by Gasteiger charge is 2.34. The van der Waals surface area contributed by atoms with Gasteiger partial charge in [0.2, 0.25) is 0 Å². The molecule has 0 aliphatic heterocycles. The molecule has 1 saturated carbocycles. The van der Waals surface area contributed by atoms with E-state index in [1.807, 2.05) is 0 Å². The van der Waals surface area contributed by atoms with Crippen LogP contribution in [0.1, 0.15) is 43.5 Å². The van der Waals surface area contributed by atoms with Gasteiger partial charge < -0.3 is 19.8 Å². The number of aromatic amines is 2. The number of fused-ring (bicyclic) bond motifs is 1. The highest BCUT2D eigenvalue weighted by Crippen LogP contribution is 2.51. The van der Waals surface area contributed by atoms with Crippen LogP contribution >= 0.6 is 7.60 Å². The SMILES string of the molecule is O=c1[nH]c2cc([N+](=O)[O-])cc(C(NCC3CCCCC3)P(=O)(O)O)c2[nH]c1=O. The van der Waals surface area contributed by atoms with Gasteiger partial charge in [0.1, 0.15) is 5.78 Å². The molecule has 0 saturated heterocycles. The minimum atomic E-state index is -4.79. The number of H-pyrrole nitrogens is 2. The highest BCUT2D eigenvalue weighted by molar-refractivity contribution is 7.52. The summed E-state index contributed by atoms with van der Waals surface area (Å²) in [5.41, 5.74) is -2.75. The molecule has 1 atom stereocenters. The van der Waals surface area contributed by atoms with Crippen LogP contribution in [-0.4, -0.2) is 31.2 Å². The van der Waals surface area contributed by atoms with Gasteiger partial charge in [-0.1, -0.05) is 19.3 Å². The number of hydrogen-bond acceptors (Lipinski definition) is 6. The molecular formula is C16H21N4O7P. The number of non-ortho nitro benzene ring substituents is 1. The first-order chi connectivity index (χ1) is 13.2. The lowest BCUT2D eigenvalue weighted by Gasteiger charge is -2.26. The molecule has 5 N–H and O–H groups in total. The topological polar surface area (TPSA) is 178 Å². The number of benzene rings is 1. The molecule has 152 valence electrons. The lowest BCUT2D eigenvalue weighted by Crippen LogP contribution is -2.31. The number of rotatable bonds is 6. The summed E-state index contributed by atoms with van der Waals surface area (Å²) in [6, 6.07) is 2.04. The van der Waals surface area contributed by atoms with E-state index in [-0.39, 0.29) is 22.5 Å². The first-order valence-corrected chi connectivity index (χ1v) is 10.6. The van der Waals surface area contributed by atoms with E-state index in [0.717, 1.165) is 44.2 Å². The quantitative estimate of drug-likeness (QED) is 0.205. The zero-order valence-corrected chi connectivity index (χ0v) is 15.8. The first kappa shape index (κ1) is 20.4. The normalized spacial score (nSPS) is 16.9. The van der Waals surface area contributed by atoms with Crippen molar-refractivity contribution >= 4 is 24.3 Å². The van der Waals surface area contributed by atoms with Crippen molar-refractivity contribution in [1.29, 1.82) is 0 Å². The lowest BCUT2D eigenvalue weighted by atomic mass is 9.89. The predicted octanol–water partition coefficient (Wildman–Crippen LogP) is 1.47. The summed E-state index contributed by atoms with van der Waals surface area (Å²) >= 11 is 0. The van der Waals surface area contributed by atoms with Crippen molar-refractivity contribution < 1.29 is 19.3 Å². The second-order valence-electron chi connectivity index (χ2n) is 7.03. The Morgan fingerprint density at radius 1 is 1.18 bits per heavy atom. The number of nitrogens with zero attached hydrogens (tertiary/aromatic N) is 1. The van der Waals surface area contributed by atoms with Crippen LogP contribution in [0.4, 0.5) is 5.69 Å². The average molecular weight is 412 g/mol. The third-order valence-corrected chi connectivity index (χ3v) is 6.15. The molecule has 1 aliphatic carbocycles. The van der Waals surface area contributed by atoms with Gasteiger partial charge in [-0.05, 0) is 25.3 Å². The van der Waals surface area contributed by atoms with Crippen molar-refractivity contribution in [3.8, 4) is 0 Å². The van der Waals surface area contributed by atoms with E-state index >= 15 is 0 Å². The second-order valence-corrected chi connectivity index (χ2v) is 8.72. The van der Waals surface area contributed by atoms with E-state index < -0.39 is 35.1 Å². The molecule has 11 nitrogen and oxygen atoms in total. The number of nitrogens with one attached hydrogen (secondary N) is 3. The van der Waals surface area contributed by atoms with Crippen LogP contribution in [0.2, 0.25) is 0 Å². The molecule has 0 spiro atoms. The fraction of sp³-hybridized carbons (Fsp3) is 0.500. The Bertz CT molecular complexity index is 1050. The lowest BCUT2D eigenvalue weighted by molar-refractivity contribution is -0.384. The summed E-state index contributed by atoms with van der Waals surface area (Å²) in [6.45, 7) is 0.327. The fourth-order valence-electron chi connectivity index (χ4n) is 3.64. The molecule has 1 aromatic carbocycles. The third kappa shape index (κ3) is 4.39. The van der Waals surface area contributed by atoms with Crippen LogP contribution in [0, 0.1) is 16.0 Å². The summed E-state index contributed by atoms with van der Waals surface area (Å²) in [4.78, 5) is 58.1. The molecule has 1 aromatic heterocycles. The van der Waals surface area contributed by atoms with E-state index in [1.54, 1.807) is 0 Å². The van der Waals surface area contributed by atoms with Gasteiger partial charge in [-0.2, -0.15) is 0 Å². The van der Waals surface area contributed by atoms with E-state index in [1.165, 1.54) is 0 Å². The maximum Gasteiger partial charge on any atom is 0.346 e. The van der Waals surface area contributed by atoms with Crippen LogP contribution in [0.25, 0.3) is 11.0 Å². The van der Waals surface area contributed by atoms with Crippen molar-refractivity contribution in [2.45, 2.75) is 37.9 Å². The third-order valence-electron chi connectivity index (χ3n) is 5.01. The summed E-state index contributed by atoms with van der Waals surface area (Å²) in [5.74, 6) is -1.31. The Hall–Kier alpha value is -2.33. The van der Waals surface area contributed by atoms with Gasteiger partial charge in [-0.15, -0.1) is 0 Å². The Morgan fingerprint density at radius 2 is 1.82 bits per heavy atom. The van der Waals surface area contributed by atoms with Crippen LogP contribution in [0.15, 0.2) is 21.7 Å². The molecule has 28 heavy (non-hydrogen) atoms. The summed E-state index contributed by atoms with van der Waals surface area (Å²) < 4.78 is 12.2. The number of hydrogen-bond donors (Lipinski definition) is 5. The van der Waals surface area contributed by atoms with Crippen molar-refractivity contribution in [2.75, 3.05) is 6.54 Å². The number of nitro groups is 1. The van der Waals surface area contributed by atoms with Crippen molar-refractivity contribution in [2.24, 2.45) is 5.92 Å². The van der Waals surface area contributed by atoms with E-state index in [0.29, 0.717) is 6.54 Å². The van der Waals surface area contributed by atoms with Gasteiger partial charge in [-0.25, -0.2) is 0 Å². The molecule has 12 heteroatoms. The first-order valence-electron chi connectivity index (χ1n) is 8.90. The van der Waals surface area contributed by atoms with Crippen molar-refractivity contribution in [3.05, 3.63) is 48.5 Å². The zero-order valence-electron chi connectivity index (χ0n) is 14.9. The maximum atomic E-state index is 12.2. The summed E-state index contributed by atoms with van der Waals surface area (Å²) in [5, 5.41) is 14.1. The van der Waals surface area contributed by atoms with E-state index in [2.05, 4.69) is 15.3 Å². The van der Waals surface area contributed by atoms with Crippen LogP contribution in [-0.2, 0) is 4.57 Å². The molecule has 0 bridgehead atoms. The minimum absolute atomic E-state index is 0.0559. The largest absolute Gasteiger partial charge is 0.346 e. The number of nitro benzene ring substituents is 1.